The van der Waals surface area contributed by atoms with Crippen molar-refractivity contribution in [1.82, 2.24) is 0 Å². The summed E-state index contributed by atoms with van der Waals surface area (Å²) in [5.74, 6) is 1.86. The van der Waals surface area contributed by atoms with Crippen molar-refractivity contribution in [3.63, 3.8) is 0 Å². The molecule has 0 N–H and O–H groups in total. The van der Waals surface area contributed by atoms with Gasteiger partial charge in [-0.3, -0.25) is 0 Å². The third-order valence-corrected chi connectivity index (χ3v) is 4.46. The summed E-state index contributed by atoms with van der Waals surface area (Å²) >= 11 is 0. The zero-order chi connectivity index (χ0) is 17.4. The summed E-state index contributed by atoms with van der Waals surface area (Å²) < 4.78 is 16.2. The Morgan fingerprint density at radius 3 is 2.12 bits per heavy atom. The summed E-state index contributed by atoms with van der Waals surface area (Å²) in [7, 11) is 3.66. The third kappa shape index (κ3) is 6.08. The smallest absolute Gasteiger partial charge is 0.496 e. The second-order valence-electron chi connectivity index (χ2n) is 5.15. The van der Waals surface area contributed by atoms with Crippen LogP contribution >= 0.6 is 8.58 Å². The van der Waals surface area contributed by atoms with Crippen molar-refractivity contribution in [3.05, 3.63) is 48.0 Å². The van der Waals surface area contributed by atoms with E-state index in [1.165, 1.54) is 0 Å². The molecule has 0 atom stereocenters. The number of ether oxygens (including phenoxy) is 3. The monoisotopic (exact) mass is 352 g/mol. The standard InChI is InChI=1S/C19H22O4P.Li/c1-4-5-13-23-14-9-11-15(12-10-14)24-19(20)18-16(21-2)7-6-8-17(18)22-3;/h6-12H,4-5,13H2,1-3H3;/q-1;+1. The van der Waals surface area contributed by atoms with Gasteiger partial charge in [0.15, 0.2) is 0 Å². The summed E-state index contributed by atoms with van der Waals surface area (Å²) in [5.41, 5.74) is 0.399. The molecule has 0 bridgehead atoms. The zero-order valence-corrected chi connectivity index (χ0v) is 16.1. The third-order valence-electron chi connectivity index (χ3n) is 3.48. The molecular weight excluding hydrogens is 330 g/mol. The molecule has 0 radical (unpaired) electrons. The Balaban J connectivity index is 0.00000312. The van der Waals surface area contributed by atoms with E-state index in [-0.39, 0.29) is 24.4 Å². The molecule has 0 fully saturated rings. The Kier molecular flexibility index (Phi) is 9.68. The van der Waals surface area contributed by atoms with Crippen molar-refractivity contribution < 1.29 is 37.9 Å². The van der Waals surface area contributed by atoms with Gasteiger partial charge < -0.3 is 27.6 Å². The molecule has 0 saturated heterocycles. The molecule has 0 aromatic heterocycles. The van der Waals surface area contributed by atoms with E-state index in [4.69, 9.17) is 14.2 Å². The first kappa shape index (κ1) is 21.6. The Hall–Kier alpha value is -1.46. The van der Waals surface area contributed by atoms with E-state index < -0.39 is 0 Å². The minimum atomic E-state index is -0.0658. The van der Waals surface area contributed by atoms with Gasteiger partial charge in [0.25, 0.3) is 0 Å². The molecule has 4 nitrogen and oxygen atoms in total. The molecule has 0 aliphatic rings. The van der Waals surface area contributed by atoms with Crippen molar-refractivity contribution in [2.45, 2.75) is 19.8 Å². The average Bonchev–Trinajstić information content (AvgIpc) is 2.62. The Morgan fingerprint density at radius 2 is 1.60 bits per heavy atom. The average molecular weight is 352 g/mol. The van der Waals surface area contributed by atoms with Crippen molar-refractivity contribution in [3.8, 4) is 17.2 Å². The number of carbonyl (C=O) groups is 1. The molecule has 0 aliphatic carbocycles. The Morgan fingerprint density at radius 1 is 1.00 bits per heavy atom. The Labute approximate surface area is 163 Å². The fourth-order valence-electron chi connectivity index (χ4n) is 2.19. The SMILES string of the molecule is CCCCOc1ccc([P-]C(=O)c2c(OC)cccc2OC)cc1.[Li+]. The van der Waals surface area contributed by atoms with E-state index in [2.05, 4.69) is 6.92 Å². The number of carbonyl (C=O) groups excluding carboxylic acids is 1. The second-order valence-corrected chi connectivity index (χ2v) is 6.30. The van der Waals surface area contributed by atoms with Gasteiger partial charge in [-0.05, 0) is 30.7 Å². The molecule has 0 heterocycles. The van der Waals surface area contributed by atoms with Crippen LogP contribution in [0, 0.1) is 0 Å². The van der Waals surface area contributed by atoms with Crippen LogP contribution in [0.2, 0.25) is 0 Å². The molecule has 0 amide bonds. The summed E-state index contributed by atoms with van der Waals surface area (Å²) in [6.45, 7) is 2.84. The van der Waals surface area contributed by atoms with Crippen LogP contribution in [0.5, 0.6) is 17.2 Å². The van der Waals surface area contributed by atoms with Gasteiger partial charge in [-0.15, -0.1) is 0 Å². The molecule has 6 heteroatoms. The number of methoxy groups -OCH3 is 2. The minimum Gasteiger partial charge on any atom is -0.496 e. The van der Waals surface area contributed by atoms with Gasteiger partial charge in [-0.1, -0.05) is 31.5 Å². The van der Waals surface area contributed by atoms with Gasteiger partial charge >= 0.3 is 18.9 Å². The van der Waals surface area contributed by atoms with Crippen molar-refractivity contribution in [2.75, 3.05) is 20.8 Å². The number of benzene rings is 2. The minimum absolute atomic E-state index is 0. The van der Waals surface area contributed by atoms with Crippen molar-refractivity contribution in [2.24, 2.45) is 0 Å². The van der Waals surface area contributed by atoms with Gasteiger partial charge in [0.05, 0.1) is 26.4 Å². The van der Waals surface area contributed by atoms with E-state index in [1.54, 1.807) is 32.4 Å². The van der Waals surface area contributed by atoms with Gasteiger partial charge in [-0.25, -0.2) is 0 Å². The maximum absolute atomic E-state index is 12.7. The normalized spacial score (nSPS) is 10.4. The van der Waals surface area contributed by atoms with Gasteiger partial charge in [0, 0.05) is 5.52 Å². The van der Waals surface area contributed by atoms with Crippen molar-refractivity contribution in [1.29, 1.82) is 0 Å². The van der Waals surface area contributed by atoms with E-state index >= 15 is 0 Å². The van der Waals surface area contributed by atoms with E-state index in [1.807, 2.05) is 24.3 Å². The molecule has 2 rings (SSSR count). The molecule has 0 spiro atoms. The van der Waals surface area contributed by atoms with E-state index in [0.717, 1.165) is 23.9 Å². The summed E-state index contributed by atoms with van der Waals surface area (Å²) in [4.78, 5) is 12.7. The van der Waals surface area contributed by atoms with Crippen LogP contribution in [0.1, 0.15) is 30.1 Å². The predicted octanol–water partition coefficient (Wildman–Crippen LogP) is 1.30. The van der Waals surface area contributed by atoms with Crippen LogP contribution in [-0.4, -0.2) is 26.4 Å². The van der Waals surface area contributed by atoms with Crippen LogP contribution in [0.4, 0.5) is 0 Å². The van der Waals surface area contributed by atoms with Crippen LogP contribution in [0.15, 0.2) is 42.5 Å². The summed E-state index contributed by atoms with van der Waals surface area (Å²) in [6, 6.07) is 12.9. The number of hydrogen-bond acceptors (Lipinski definition) is 4. The van der Waals surface area contributed by atoms with Crippen LogP contribution in [0.25, 0.3) is 0 Å². The quantitative estimate of drug-likeness (QED) is 0.388. The molecule has 0 aliphatic heterocycles. The fraction of sp³-hybridized carbons (Fsp3) is 0.316. The van der Waals surface area contributed by atoms with Crippen molar-refractivity contribution >= 4 is 19.4 Å². The summed E-state index contributed by atoms with van der Waals surface area (Å²) in [6.07, 6.45) is 2.14. The molecule has 2 aromatic rings. The van der Waals surface area contributed by atoms with Crippen LogP contribution in [0.3, 0.4) is 0 Å². The van der Waals surface area contributed by atoms with Gasteiger partial charge in [0.2, 0.25) is 0 Å². The van der Waals surface area contributed by atoms with E-state index in [9.17, 15) is 4.79 Å². The van der Waals surface area contributed by atoms with E-state index in [0.29, 0.717) is 32.3 Å². The number of unbranched alkanes of at least 4 members (excludes halogenated alkanes) is 1. The first-order valence-corrected chi connectivity index (χ1v) is 8.79. The molecule has 0 saturated carbocycles. The number of hydrogen-bond donors (Lipinski definition) is 0. The van der Waals surface area contributed by atoms with Crippen LogP contribution in [-0.2, 0) is 0 Å². The topological polar surface area (TPSA) is 44.8 Å². The zero-order valence-electron chi connectivity index (χ0n) is 15.2. The molecular formula is C19H22LiO4P. The first-order chi connectivity index (χ1) is 11.7. The van der Waals surface area contributed by atoms with Gasteiger partial charge in [0.1, 0.15) is 17.2 Å². The molecule has 0 unspecified atom stereocenters. The predicted molar refractivity (Wildman–Crippen MR) is 97.3 cm³/mol. The maximum Gasteiger partial charge on any atom is 1.00 e. The molecule has 2 aromatic carbocycles. The van der Waals surface area contributed by atoms with Gasteiger partial charge in [-0.2, -0.15) is 5.30 Å². The Bertz CT molecular complexity index is 651. The fourth-order valence-corrected chi connectivity index (χ4v) is 3.05. The summed E-state index contributed by atoms with van der Waals surface area (Å²) in [5, 5.41) is 0.899. The van der Waals surface area contributed by atoms with Crippen LogP contribution < -0.4 is 38.4 Å². The maximum atomic E-state index is 12.7. The largest absolute Gasteiger partial charge is 1.00 e. The second kappa shape index (κ2) is 11.2. The first-order valence-electron chi connectivity index (χ1n) is 7.89. The molecule has 25 heavy (non-hydrogen) atoms. The molecule has 128 valence electrons. The number of rotatable bonds is 9.